The maximum atomic E-state index is 6.01. The third-order valence-electron chi connectivity index (χ3n) is 3.34. The molecule has 0 spiro atoms. The normalized spacial score (nSPS) is 11.0. The number of alkyl halides is 1. The van der Waals surface area contributed by atoms with Crippen molar-refractivity contribution in [1.29, 1.82) is 0 Å². The van der Waals surface area contributed by atoms with Crippen molar-refractivity contribution < 1.29 is 0 Å². The number of hydrogen-bond donors (Lipinski definition) is 0. The van der Waals surface area contributed by atoms with Gasteiger partial charge in [-0.05, 0) is 41.3 Å². The number of benzene rings is 1. The Morgan fingerprint density at radius 3 is 2.57 bits per heavy atom. The molecule has 0 aliphatic carbocycles. The van der Waals surface area contributed by atoms with Crippen LogP contribution in [0.1, 0.15) is 36.6 Å². The van der Waals surface area contributed by atoms with Crippen molar-refractivity contribution in [3.63, 3.8) is 0 Å². The molecule has 2 rings (SSSR count). The van der Waals surface area contributed by atoms with Gasteiger partial charge in [0, 0.05) is 29.6 Å². The van der Waals surface area contributed by atoms with Crippen molar-refractivity contribution in [3.8, 4) is 0 Å². The van der Waals surface area contributed by atoms with Crippen molar-refractivity contribution >= 4 is 33.3 Å². The fourth-order valence-electron chi connectivity index (χ4n) is 2.15. The molecule has 0 fully saturated rings. The molecule has 1 aromatic carbocycles. The van der Waals surface area contributed by atoms with E-state index >= 15 is 0 Å². The lowest BCUT2D eigenvalue weighted by molar-refractivity contribution is 0.803. The van der Waals surface area contributed by atoms with E-state index in [0.29, 0.717) is 11.8 Å². The van der Waals surface area contributed by atoms with Crippen LogP contribution in [0, 0.1) is 0 Å². The Kier molecular flexibility index (Phi) is 5.65. The highest BCUT2D eigenvalue weighted by molar-refractivity contribution is 9.10. The lowest BCUT2D eigenvalue weighted by Gasteiger charge is -2.21. The summed E-state index contributed by atoms with van der Waals surface area (Å²) in [5.74, 6) is 1.88. The standard InChI is InChI=1S/C17H20BrClN2/c1-12(2)16-8-14(10-19)9-17(20-16)21(3)11-13-5-4-6-15(18)7-13/h4-9,12H,10-11H2,1-3H3. The van der Waals surface area contributed by atoms with Gasteiger partial charge in [0.2, 0.25) is 0 Å². The van der Waals surface area contributed by atoms with Crippen molar-refractivity contribution in [2.45, 2.75) is 32.2 Å². The van der Waals surface area contributed by atoms with Crippen molar-refractivity contribution in [2.24, 2.45) is 0 Å². The van der Waals surface area contributed by atoms with E-state index < -0.39 is 0 Å². The first-order chi connectivity index (χ1) is 9.99. The molecule has 0 amide bonds. The highest BCUT2D eigenvalue weighted by atomic mass is 79.9. The number of aromatic nitrogens is 1. The second-order valence-corrected chi connectivity index (χ2v) is 6.72. The van der Waals surface area contributed by atoms with Crippen LogP contribution in [0.3, 0.4) is 0 Å². The topological polar surface area (TPSA) is 16.1 Å². The Labute approximate surface area is 140 Å². The fraction of sp³-hybridized carbons (Fsp3) is 0.353. The Hall–Kier alpha value is -1.06. The molecule has 1 heterocycles. The summed E-state index contributed by atoms with van der Waals surface area (Å²) in [4.78, 5) is 6.91. The van der Waals surface area contributed by atoms with Crippen LogP contribution in [0.25, 0.3) is 0 Å². The Morgan fingerprint density at radius 2 is 1.95 bits per heavy atom. The maximum absolute atomic E-state index is 6.01. The van der Waals surface area contributed by atoms with E-state index in [2.05, 4.69) is 72.1 Å². The molecule has 21 heavy (non-hydrogen) atoms. The SMILES string of the molecule is CC(C)c1cc(CCl)cc(N(C)Cc2cccc(Br)c2)n1. The molecular weight excluding hydrogens is 348 g/mol. The zero-order valence-corrected chi connectivity index (χ0v) is 14.9. The van der Waals surface area contributed by atoms with Gasteiger partial charge in [-0.15, -0.1) is 11.6 Å². The molecule has 0 bridgehead atoms. The van der Waals surface area contributed by atoms with Gasteiger partial charge in [-0.1, -0.05) is 41.9 Å². The van der Waals surface area contributed by atoms with Crippen LogP contribution >= 0.6 is 27.5 Å². The van der Waals surface area contributed by atoms with E-state index in [4.69, 9.17) is 16.6 Å². The van der Waals surface area contributed by atoms with Gasteiger partial charge in [-0.25, -0.2) is 4.98 Å². The quantitative estimate of drug-likeness (QED) is 0.663. The lowest BCUT2D eigenvalue weighted by atomic mass is 10.1. The van der Waals surface area contributed by atoms with Gasteiger partial charge in [0.25, 0.3) is 0 Å². The number of anilines is 1. The monoisotopic (exact) mass is 366 g/mol. The summed E-state index contributed by atoms with van der Waals surface area (Å²) >= 11 is 9.52. The number of hydrogen-bond acceptors (Lipinski definition) is 2. The van der Waals surface area contributed by atoms with E-state index in [0.717, 1.165) is 28.1 Å². The molecular formula is C17H20BrClN2. The third-order valence-corrected chi connectivity index (χ3v) is 4.14. The molecule has 0 N–H and O–H groups in total. The molecule has 112 valence electrons. The Bertz CT molecular complexity index is 613. The van der Waals surface area contributed by atoms with E-state index in [9.17, 15) is 0 Å². The van der Waals surface area contributed by atoms with Crippen molar-refractivity contribution in [2.75, 3.05) is 11.9 Å². The van der Waals surface area contributed by atoms with Crippen LogP contribution < -0.4 is 4.90 Å². The smallest absolute Gasteiger partial charge is 0.129 e. The predicted molar refractivity (Wildman–Crippen MR) is 94.1 cm³/mol. The zero-order chi connectivity index (χ0) is 15.4. The number of halogens is 2. The van der Waals surface area contributed by atoms with Crippen LogP contribution in [-0.2, 0) is 12.4 Å². The molecule has 0 radical (unpaired) electrons. The minimum absolute atomic E-state index is 0.395. The van der Waals surface area contributed by atoms with Crippen LogP contribution in [-0.4, -0.2) is 12.0 Å². The average molecular weight is 368 g/mol. The van der Waals surface area contributed by atoms with E-state index in [-0.39, 0.29) is 0 Å². The van der Waals surface area contributed by atoms with Gasteiger partial charge in [0.1, 0.15) is 5.82 Å². The average Bonchev–Trinajstić information content (AvgIpc) is 2.46. The molecule has 0 unspecified atom stereocenters. The second kappa shape index (κ2) is 7.28. The minimum Gasteiger partial charge on any atom is -0.355 e. The zero-order valence-electron chi connectivity index (χ0n) is 12.6. The molecule has 0 saturated carbocycles. The van der Waals surface area contributed by atoms with E-state index in [1.807, 2.05) is 6.07 Å². The number of rotatable bonds is 5. The summed E-state index contributed by atoms with van der Waals surface area (Å²) in [5.41, 5.74) is 3.45. The molecule has 2 aromatic rings. The first-order valence-electron chi connectivity index (χ1n) is 7.02. The van der Waals surface area contributed by atoms with Gasteiger partial charge in [-0.3, -0.25) is 0 Å². The number of pyridine rings is 1. The lowest BCUT2D eigenvalue weighted by Crippen LogP contribution is -2.18. The molecule has 0 atom stereocenters. The molecule has 1 aromatic heterocycles. The summed E-state index contributed by atoms with van der Waals surface area (Å²) in [7, 11) is 2.06. The molecule has 2 nitrogen and oxygen atoms in total. The van der Waals surface area contributed by atoms with Crippen LogP contribution in [0.15, 0.2) is 40.9 Å². The third kappa shape index (κ3) is 4.45. The predicted octanol–water partition coefficient (Wildman–Crippen LogP) is 5.34. The van der Waals surface area contributed by atoms with Crippen LogP contribution in [0.5, 0.6) is 0 Å². The van der Waals surface area contributed by atoms with Crippen molar-refractivity contribution in [1.82, 2.24) is 4.98 Å². The second-order valence-electron chi connectivity index (χ2n) is 5.53. The minimum atomic E-state index is 0.395. The molecule has 4 heteroatoms. The van der Waals surface area contributed by atoms with Crippen LogP contribution in [0.4, 0.5) is 5.82 Å². The summed E-state index contributed by atoms with van der Waals surface area (Å²) in [6.07, 6.45) is 0. The largest absolute Gasteiger partial charge is 0.355 e. The summed E-state index contributed by atoms with van der Waals surface area (Å²) in [6.45, 7) is 5.12. The summed E-state index contributed by atoms with van der Waals surface area (Å²) in [5, 5.41) is 0. The first-order valence-corrected chi connectivity index (χ1v) is 8.34. The van der Waals surface area contributed by atoms with Gasteiger partial charge in [0.15, 0.2) is 0 Å². The van der Waals surface area contributed by atoms with Crippen molar-refractivity contribution in [3.05, 3.63) is 57.7 Å². The highest BCUT2D eigenvalue weighted by Crippen LogP contribution is 2.22. The Morgan fingerprint density at radius 1 is 1.19 bits per heavy atom. The maximum Gasteiger partial charge on any atom is 0.129 e. The Balaban J connectivity index is 2.25. The van der Waals surface area contributed by atoms with Gasteiger partial charge >= 0.3 is 0 Å². The number of nitrogens with zero attached hydrogens (tertiary/aromatic N) is 2. The highest BCUT2D eigenvalue weighted by Gasteiger charge is 2.10. The van der Waals surface area contributed by atoms with E-state index in [1.165, 1.54) is 5.56 Å². The van der Waals surface area contributed by atoms with Crippen LogP contribution in [0.2, 0.25) is 0 Å². The summed E-state index contributed by atoms with van der Waals surface area (Å²) < 4.78 is 1.10. The summed E-state index contributed by atoms with van der Waals surface area (Å²) in [6, 6.07) is 12.5. The molecule has 0 aliphatic rings. The molecule has 0 aliphatic heterocycles. The van der Waals surface area contributed by atoms with E-state index in [1.54, 1.807) is 0 Å². The first kappa shape index (κ1) is 16.3. The molecule has 0 saturated heterocycles. The van der Waals surface area contributed by atoms with Gasteiger partial charge in [-0.2, -0.15) is 0 Å². The van der Waals surface area contributed by atoms with Gasteiger partial charge in [0.05, 0.1) is 0 Å². The van der Waals surface area contributed by atoms with Gasteiger partial charge < -0.3 is 4.90 Å². The fourth-order valence-corrected chi connectivity index (χ4v) is 2.75.